The Morgan fingerprint density at radius 3 is 2.45 bits per heavy atom. The molecule has 0 heterocycles. The molecule has 1 aromatic rings. The van der Waals surface area contributed by atoms with Crippen molar-refractivity contribution >= 4 is 23.2 Å². The van der Waals surface area contributed by atoms with Gasteiger partial charge in [0.25, 0.3) is 0 Å². The van der Waals surface area contributed by atoms with Crippen LogP contribution in [0.2, 0.25) is 5.02 Å². The van der Waals surface area contributed by atoms with Gasteiger partial charge >= 0.3 is 6.18 Å². The van der Waals surface area contributed by atoms with E-state index in [0.29, 0.717) is 0 Å². The molecule has 1 atom stereocenters. The van der Waals surface area contributed by atoms with Crippen LogP contribution in [0.25, 0.3) is 0 Å². The van der Waals surface area contributed by atoms with Crippen LogP contribution >= 0.6 is 11.6 Å². The molecular formula is C13H16ClF3N2O. The largest absolute Gasteiger partial charge is 0.416 e. The van der Waals surface area contributed by atoms with E-state index < -0.39 is 23.6 Å². The maximum absolute atomic E-state index is 12.6. The number of rotatable bonds is 4. The molecule has 0 bridgehead atoms. The van der Waals surface area contributed by atoms with Gasteiger partial charge in [0.15, 0.2) is 0 Å². The molecular weight excluding hydrogens is 293 g/mol. The molecule has 0 radical (unpaired) electrons. The molecule has 1 rings (SSSR count). The monoisotopic (exact) mass is 308 g/mol. The van der Waals surface area contributed by atoms with Gasteiger partial charge in [-0.1, -0.05) is 25.4 Å². The fourth-order valence-electron chi connectivity index (χ4n) is 1.70. The molecule has 0 fully saturated rings. The smallest absolute Gasteiger partial charge is 0.330 e. The highest BCUT2D eigenvalue weighted by Gasteiger charge is 2.31. The number of benzene rings is 1. The zero-order valence-corrected chi connectivity index (χ0v) is 11.8. The first-order chi connectivity index (χ1) is 9.16. The van der Waals surface area contributed by atoms with Gasteiger partial charge in [0.2, 0.25) is 5.91 Å². The van der Waals surface area contributed by atoms with Crippen molar-refractivity contribution in [2.45, 2.75) is 20.0 Å². The molecule has 112 valence electrons. The minimum Gasteiger partial charge on any atom is -0.330 e. The van der Waals surface area contributed by atoms with Crippen molar-refractivity contribution in [1.29, 1.82) is 0 Å². The fraction of sp³-hybridized carbons (Fsp3) is 0.462. The zero-order chi connectivity index (χ0) is 15.5. The third kappa shape index (κ3) is 4.11. The molecule has 0 aromatic heterocycles. The minimum atomic E-state index is -4.49. The van der Waals surface area contributed by atoms with Crippen LogP contribution in [0.1, 0.15) is 19.4 Å². The molecule has 0 saturated carbocycles. The van der Waals surface area contributed by atoms with E-state index in [1.54, 1.807) is 0 Å². The summed E-state index contributed by atoms with van der Waals surface area (Å²) in [5.41, 5.74) is 4.56. The van der Waals surface area contributed by atoms with Gasteiger partial charge in [0.05, 0.1) is 22.2 Å². The fourth-order valence-corrected chi connectivity index (χ4v) is 1.87. The van der Waals surface area contributed by atoms with E-state index in [2.05, 4.69) is 5.32 Å². The van der Waals surface area contributed by atoms with Crippen molar-refractivity contribution in [3.05, 3.63) is 28.8 Å². The molecule has 1 aromatic carbocycles. The summed E-state index contributed by atoms with van der Waals surface area (Å²) in [6, 6.07) is 2.78. The van der Waals surface area contributed by atoms with Crippen LogP contribution in [0.3, 0.4) is 0 Å². The Morgan fingerprint density at radius 1 is 1.40 bits per heavy atom. The standard InChI is InChI=1S/C13H16ClF3N2O/c1-7(2)9(6-18)12(20)19-11-5-8(13(15,16)17)3-4-10(11)14/h3-5,7,9H,6,18H2,1-2H3,(H,19,20). The lowest BCUT2D eigenvalue weighted by Gasteiger charge is -2.19. The van der Waals surface area contributed by atoms with Gasteiger partial charge in [-0.15, -0.1) is 0 Å². The molecule has 7 heteroatoms. The average molecular weight is 309 g/mol. The Morgan fingerprint density at radius 2 is 2.00 bits per heavy atom. The summed E-state index contributed by atoms with van der Waals surface area (Å²) in [6.45, 7) is 3.73. The number of nitrogens with one attached hydrogen (secondary N) is 1. The van der Waals surface area contributed by atoms with E-state index >= 15 is 0 Å². The van der Waals surface area contributed by atoms with Crippen LogP contribution in [-0.2, 0) is 11.0 Å². The molecule has 0 aliphatic heterocycles. The average Bonchev–Trinajstić information content (AvgIpc) is 2.30. The SMILES string of the molecule is CC(C)C(CN)C(=O)Nc1cc(C(F)(F)F)ccc1Cl. The van der Waals surface area contributed by atoms with Crippen molar-refractivity contribution in [1.82, 2.24) is 0 Å². The lowest BCUT2D eigenvalue weighted by molar-refractivity contribution is -0.137. The molecule has 0 aliphatic rings. The number of amides is 1. The summed E-state index contributed by atoms with van der Waals surface area (Å²) in [5, 5.41) is 2.45. The van der Waals surface area contributed by atoms with Gasteiger partial charge in [-0.25, -0.2) is 0 Å². The Balaban J connectivity index is 3.00. The van der Waals surface area contributed by atoms with Gasteiger partial charge in [0, 0.05) is 6.54 Å². The first-order valence-electron chi connectivity index (χ1n) is 6.04. The number of hydrogen-bond donors (Lipinski definition) is 2. The number of hydrogen-bond acceptors (Lipinski definition) is 2. The number of carbonyl (C=O) groups excluding carboxylic acids is 1. The van der Waals surface area contributed by atoms with E-state index in [0.717, 1.165) is 18.2 Å². The van der Waals surface area contributed by atoms with Gasteiger partial charge < -0.3 is 11.1 Å². The first kappa shape index (κ1) is 16.8. The second-order valence-corrected chi connectivity index (χ2v) is 5.18. The van der Waals surface area contributed by atoms with Crippen LogP contribution in [0.15, 0.2) is 18.2 Å². The van der Waals surface area contributed by atoms with E-state index in [1.165, 1.54) is 0 Å². The van der Waals surface area contributed by atoms with Gasteiger partial charge in [-0.2, -0.15) is 13.2 Å². The summed E-state index contributed by atoms with van der Waals surface area (Å²) in [6.07, 6.45) is -4.49. The van der Waals surface area contributed by atoms with Gasteiger partial charge in [0.1, 0.15) is 0 Å². The Labute approximate surface area is 120 Å². The molecule has 0 aliphatic carbocycles. The highest BCUT2D eigenvalue weighted by atomic mass is 35.5. The van der Waals surface area contributed by atoms with E-state index in [1.807, 2.05) is 13.8 Å². The molecule has 3 nitrogen and oxygen atoms in total. The Bertz CT molecular complexity index is 489. The molecule has 0 saturated heterocycles. The molecule has 0 spiro atoms. The van der Waals surface area contributed by atoms with Crippen molar-refractivity contribution < 1.29 is 18.0 Å². The maximum Gasteiger partial charge on any atom is 0.416 e. The molecule has 1 unspecified atom stereocenters. The predicted molar refractivity (Wildman–Crippen MR) is 72.5 cm³/mol. The predicted octanol–water partition coefficient (Wildman–Crippen LogP) is 3.53. The van der Waals surface area contributed by atoms with Crippen molar-refractivity contribution in [3.63, 3.8) is 0 Å². The third-order valence-electron chi connectivity index (χ3n) is 2.95. The number of anilines is 1. The van der Waals surface area contributed by atoms with E-state index in [9.17, 15) is 18.0 Å². The summed E-state index contributed by atoms with van der Waals surface area (Å²) in [7, 11) is 0. The van der Waals surface area contributed by atoms with E-state index in [-0.39, 0.29) is 23.2 Å². The minimum absolute atomic E-state index is 0.0235. The topological polar surface area (TPSA) is 55.1 Å². The number of nitrogens with two attached hydrogens (primary N) is 1. The summed E-state index contributed by atoms with van der Waals surface area (Å²) in [4.78, 5) is 12.0. The molecule has 3 N–H and O–H groups in total. The van der Waals surface area contributed by atoms with Crippen LogP contribution in [0, 0.1) is 11.8 Å². The lowest BCUT2D eigenvalue weighted by Crippen LogP contribution is -2.33. The number of halogens is 4. The Kier molecular flexibility index (Phi) is 5.42. The normalized spacial score (nSPS) is 13.4. The second-order valence-electron chi connectivity index (χ2n) is 4.77. The van der Waals surface area contributed by atoms with Crippen LogP contribution in [-0.4, -0.2) is 12.5 Å². The zero-order valence-electron chi connectivity index (χ0n) is 11.1. The summed E-state index contributed by atoms with van der Waals surface area (Å²) < 4.78 is 37.8. The third-order valence-corrected chi connectivity index (χ3v) is 3.28. The number of alkyl halides is 3. The Hall–Kier alpha value is -1.27. The van der Waals surface area contributed by atoms with Crippen molar-refractivity contribution in [3.8, 4) is 0 Å². The van der Waals surface area contributed by atoms with Gasteiger partial charge in [-0.05, 0) is 24.1 Å². The van der Waals surface area contributed by atoms with Crippen molar-refractivity contribution in [2.24, 2.45) is 17.6 Å². The molecule has 20 heavy (non-hydrogen) atoms. The van der Waals surface area contributed by atoms with Crippen LogP contribution in [0.4, 0.5) is 18.9 Å². The first-order valence-corrected chi connectivity index (χ1v) is 6.42. The second kappa shape index (κ2) is 6.45. The van der Waals surface area contributed by atoms with Gasteiger partial charge in [-0.3, -0.25) is 4.79 Å². The summed E-state index contributed by atoms with van der Waals surface area (Å²) >= 11 is 5.80. The molecule has 1 amide bonds. The quantitative estimate of drug-likeness (QED) is 0.894. The highest BCUT2D eigenvalue weighted by Crippen LogP contribution is 2.34. The summed E-state index contributed by atoms with van der Waals surface area (Å²) in [5.74, 6) is -0.950. The van der Waals surface area contributed by atoms with Crippen LogP contribution < -0.4 is 11.1 Å². The highest BCUT2D eigenvalue weighted by molar-refractivity contribution is 6.33. The maximum atomic E-state index is 12.6. The lowest BCUT2D eigenvalue weighted by atomic mass is 9.95. The van der Waals surface area contributed by atoms with Crippen LogP contribution in [0.5, 0.6) is 0 Å². The number of carbonyl (C=O) groups is 1. The van der Waals surface area contributed by atoms with Crippen molar-refractivity contribution in [2.75, 3.05) is 11.9 Å². The van der Waals surface area contributed by atoms with E-state index in [4.69, 9.17) is 17.3 Å².